The van der Waals surface area contributed by atoms with Crippen LogP contribution < -0.4 is 4.74 Å². The lowest BCUT2D eigenvalue weighted by Crippen LogP contribution is -1.87. The molecule has 6 nitrogen and oxygen atoms in total. The van der Waals surface area contributed by atoms with Crippen molar-refractivity contribution in [2.75, 3.05) is 7.11 Å². The van der Waals surface area contributed by atoms with Gasteiger partial charge in [-0.1, -0.05) is 11.2 Å². The minimum absolute atomic E-state index is 0.359. The van der Waals surface area contributed by atoms with Gasteiger partial charge in [0.05, 0.1) is 12.8 Å². The van der Waals surface area contributed by atoms with Crippen LogP contribution in [0, 0.1) is 0 Å². The summed E-state index contributed by atoms with van der Waals surface area (Å²) in [4.78, 5) is 13.0. The molecule has 1 aromatic rings. The van der Waals surface area contributed by atoms with Crippen LogP contribution in [0.5, 0.6) is 5.75 Å². The van der Waals surface area contributed by atoms with Crippen LogP contribution in [-0.2, 0) is 4.79 Å². The quantitative estimate of drug-likeness (QED) is 0.365. The Morgan fingerprint density at radius 2 is 2.38 bits per heavy atom. The third-order valence-corrected chi connectivity index (χ3v) is 1.77. The predicted octanol–water partition coefficient (Wildman–Crippen LogP) is 2.73. The molecule has 0 aliphatic carbocycles. The van der Waals surface area contributed by atoms with E-state index in [1.54, 1.807) is 18.2 Å². The minimum Gasteiger partial charge on any atom is -0.496 e. The summed E-state index contributed by atoms with van der Waals surface area (Å²) in [6.07, 6.45) is 2.44. The summed E-state index contributed by atoms with van der Waals surface area (Å²) in [6, 6.07) is 4.77. The number of carbonyl (C=O) groups is 1. The first-order chi connectivity index (χ1) is 7.67. The topological polar surface area (TPSA) is 95.3 Å². The molecule has 1 N–H and O–H groups in total. The number of aliphatic carboxylic acids is 1. The number of hydrogen-bond donors (Lipinski definition) is 1. The van der Waals surface area contributed by atoms with Gasteiger partial charge in [-0.05, 0) is 29.3 Å². The maximum absolute atomic E-state index is 10.3. The molecule has 0 fully saturated rings. The standard InChI is InChI=1S/C10H9N3O3/c1-16-9-6-7(3-5-10(14)15)2-4-8(9)12-13-11/h2-6H,1H3,(H,14,15)/b5-3+. The molecule has 82 valence electrons. The number of ether oxygens (including phenoxy) is 1. The van der Waals surface area contributed by atoms with E-state index in [-0.39, 0.29) is 0 Å². The molecule has 0 bridgehead atoms. The molecule has 0 saturated carbocycles. The molecule has 0 spiro atoms. The van der Waals surface area contributed by atoms with E-state index in [0.29, 0.717) is 17.0 Å². The van der Waals surface area contributed by atoms with Crippen LogP contribution in [-0.4, -0.2) is 18.2 Å². The first-order valence-corrected chi connectivity index (χ1v) is 4.31. The van der Waals surface area contributed by atoms with Gasteiger partial charge in [0.15, 0.2) is 0 Å². The van der Waals surface area contributed by atoms with Crippen LogP contribution >= 0.6 is 0 Å². The van der Waals surface area contributed by atoms with E-state index in [9.17, 15) is 4.79 Å². The van der Waals surface area contributed by atoms with Gasteiger partial charge in [-0.25, -0.2) is 4.79 Å². The average molecular weight is 219 g/mol. The molecule has 0 radical (unpaired) electrons. The van der Waals surface area contributed by atoms with Crippen molar-refractivity contribution in [3.8, 4) is 5.75 Å². The van der Waals surface area contributed by atoms with Crippen molar-refractivity contribution in [1.29, 1.82) is 0 Å². The van der Waals surface area contributed by atoms with E-state index in [1.807, 2.05) is 0 Å². The van der Waals surface area contributed by atoms with Gasteiger partial charge < -0.3 is 9.84 Å². The van der Waals surface area contributed by atoms with E-state index in [1.165, 1.54) is 13.2 Å². The van der Waals surface area contributed by atoms with E-state index < -0.39 is 5.97 Å². The van der Waals surface area contributed by atoms with E-state index in [2.05, 4.69) is 10.0 Å². The van der Waals surface area contributed by atoms with Crippen molar-refractivity contribution in [2.45, 2.75) is 0 Å². The Labute approximate surface area is 91.4 Å². The summed E-state index contributed by atoms with van der Waals surface area (Å²) in [7, 11) is 1.44. The molecule has 0 atom stereocenters. The Hall–Kier alpha value is -2.46. The number of nitrogens with zero attached hydrogens (tertiary/aromatic N) is 3. The maximum atomic E-state index is 10.3. The molecular formula is C10H9N3O3. The van der Waals surface area contributed by atoms with Crippen molar-refractivity contribution in [3.05, 3.63) is 40.3 Å². The monoisotopic (exact) mass is 219 g/mol. The molecular weight excluding hydrogens is 210 g/mol. The smallest absolute Gasteiger partial charge is 0.328 e. The fourth-order valence-electron chi connectivity index (χ4n) is 1.10. The summed E-state index contributed by atoms with van der Waals surface area (Å²) in [5, 5.41) is 11.9. The molecule has 0 saturated heterocycles. The Bertz CT molecular complexity index is 476. The van der Waals surface area contributed by atoms with Crippen molar-refractivity contribution >= 4 is 17.7 Å². The van der Waals surface area contributed by atoms with Crippen LogP contribution in [0.2, 0.25) is 0 Å². The van der Waals surface area contributed by atoms with Crippen LogP contribution in [0.4, 0.5) is 5.69 Å². The third kappa shape index (κ3) is 3.04. The zero-order chi connectivity index (χ0) is 12.0. The van der Waals surface area contributed by atoms with Crippen LogP contribution in [0.3, 0.4) is 0 Å². The molecule has 0 unspecified atom stereocenters. The molecule has 1 aromatic carbocycles. The largest absolute Gasteiger partial charge is 0.496 e. The summed E-state index contributed by atoms with van der Waals surface area (Å²) >= 11 is 0. The minimum atomic E-state index is -1.03. The number of carboxylic acids is 1. The summed E-state index contributed by atoms with van der Waals surface area (Å²) < 4.78 is 5.00. The van der Waals surface area contributed by atoms with Crippen molar-refractivity contribution in [3.63, 3.8) is 0 Å². The lowest BCUT2D eigenvalue weighted by Gasteiger charge is -2.04. The molecule has 1 rings (SSSR count). The third-order valence-electron chi connectivity index (χ3n) is 1.77. The fourth-order valence-corrected chi connectivity index (χ4v) is 1.10. The molecule has 0 aliphatic heterocycles. The van der Waals surface area contributed by atoms with E-state index >= 15 is 0 Å². The van der Waals surface area contributed by atoms with Crippen molar-refractivity contribution < 1.29 is 14.6 Å². The molecule has 0 aromatic heterocycles. The zero-order valence-corrected chi connectivity index (χ0v) is 8.49. The summed E-state index contributed by atoms with van der Waals surface area (Å²) in [6.45, 7) is 0. The lowest BCUT2D eigenvalue weighted by atomic mass is 10.2. The Balaban J connectivity index is 3.08. The normalized spacial score (nSPS) is 9.81. The highest BCUT2D eigenvalue weighted by molar-refractivity contribution is 5.85. The van der Waals surface area contributed by atoms with Crippen LogP contribution in [0.15, 0.2) is 29.4 Å². The van der Waals surface area contributed by atoms with Crippen molar-refractivity contribution in [2.24, 2.45) is 5.11 Å². The number of carboxylic acid groups (broad SMARTS) is 1. The van der Waals surface area contributed by atoms with Gasteiger partial charge in [-0.15, -0.1) is 0 Å². The number of rotatable bonds is 4. The van der Waals surface area contributed by atoms with Gasteiger partial charge in [0.25, 0.3) is 0 Å². The van der Waals surface area contributed by atoms with Gasteiger partial charge in [0.2, 0.25) is 0 Å². The zero-order valence-electron chi connectivity index (χ0n) is 8.49. The highest BCUT2D eigenvalue weighted by atomic mass is 16.5. The van der Waals surface area contributed by atoms with Gasteiger partial charge >= 0.3 is 5.97 Å². The first kappa shape index (κ1) is 11.6. The van der Waals surface area contributed by atoms with E-state index in [0.717, 1.165) is 6.08 Å². The second-order valence-electron chi connectivity index (χ2n) is 2.79. The number of methoxy groups -OCH3 is 1. The average Bonchev–Trinajstić information content (AvgIpc) is 2.28. The molecule has 0 amide bonds. The summed E-state index contributed by atoms with van der Waals surface area (Å²) in [5.74, 6) is -0.636. The molecule has 0 aliphatic rings. The SMILES string of the molecule is COc1cc(/C=C/C(=O)O)ccc1N=[N+]=[N-]. The highest BCUT2D eigenvalue weighted by Gasteiger charge is 2.01. The van der Waals surface area contributed by atoms with Gasteiger partial charge in [-0.2, -0.15) is 0 Å². The first-order valence-electron chi connectivity index (χ1n) is 4.31. The Morgan fingerprint density at radius 1 is 1.62 bits per heavy atom. The Kier molecular flexibility index (Phi) is 3.94. The molecule has 0 heterocycles. The van der Waals surface area contributed by atoms with Crippen LogP contribution in [0.1, 0.15) is 5.56 Å². The molecule has 6 heteroatoms. The lowest BCUT2D eigenvalue weighted by molar-refractivity contribution is -0.131. The Morgan fingerprint density at radius 3 is 2.94 bits per heavy atom. The van der Waals surface area contributed by atoms with Gasteiger partial charge in [-0.3, -0.25) is 0 Å². The second-order valence-corrected chi connectivity index (χ2v) is 2.79. The number of benzene rings is 1. The predicted molar refractivity (Wildman–Crippen MR) is 58.5 cm³/mol. The second kappa shape index (κ2) is 5.43. The fraction of sp³-hybridized carbons (Fsp3) is 0.100. The van der Waals surface area contributed by atoms with Crippen LogP contribution in [0.25, 0.3) is 16.5 Å². The highest BCUT2D eigenvalue weighted by Crippen LogP contribution is 2.28. The van der Waals surface area contributed by atoms with Crippen molar-refractivity contribution in [1.82, 2.24) is 0 Å². The number of hydrogen-bond acceptors (Lipinski definition) is 3. The summed E-state index contributed by atoms with van der Waals surface area (Å²) in [5.41, 5.74) is 9.30. The number of azide groups is 1. The maximum Gasteiger partial charge on any atom is 0.328 e. The van der Waals surface area contributed by atoms with Gasteiger partial charge in [0.1, 0.15) is 5.75 Å². The van der Waals surface area contributed by atoms with E-state index in [4.69, 9.17) is 15.4 Å². The molecule has 16 heavy (non-hydrogen) atoms. The van der Waals surface area contributed by atoms with Gasteiger partial charge in [0, 0.05) is 11.0 Å².